The molecular weight excluding hydrogens is 270 g/mol. The third kappa shape index (κ3) is 2.95. The van der Waals surface area contributed by atoms with Crippen LogP contribution in [0.5, 0.6) is 0 Å². The topological polar surface area (TPSA) is 30.9 Å². The molecule has 2 N–H and O–H groups in total. The number of nitrogens with zero attached hydrogens (tertiary/aromatic N) is 1. The van der Waals surface area contributed by atoms with Crippen molar-refractivity contribution in [2.24, 2.45) is 5.73 Å². The number of hydrogen-bond acceptors (Lipinski definition) is 1. The number of fused-ring (bicyclic) bond motifs is 1. The standard InChI is InChI=1S/C17H16F2N2/c18-15-7-13(8-16(19)10-15)11-21-6-4-14-2-1-12(3-5-20)9-17(14)21/h1-2,4,6-10H,3,5,11,20H2. The lowest BCUT2D eigenvalue weighted by Crippen LogP contribution is -2.03. The van der Waals surface area contributed by atoms with Gasteiger partial charge in [0.1, 0.15) is 11.6 Å². The second-order valence-electron chi connectivity index (χ2n) is 5.15. The second kappa shape index (κ2) is 5.66. The summed E-state index contributed by atoms with van der Waals surface area (Å²) in [5, 5.41) is 1.10. The summed E-state index contributed by atoms with van der Waals surface area (Å²) in [6.07, 6.45) is 2.75. The van der Waals surface area contributed by atoms with Crippen molar-refractivity contribution >= 4 is 10.9 Å². The van der Waals surface area contributed by atoms with E-state index in [-0.39, 0.29) is 0 Å². The molecule has 2 aromatic carbocycles. The van der Waals surface area contributed by atoms with Gasteiger partial charge in [0.05, 0.1) is 0 Å². The number of hydrogen-bond donors (Lipinski definition) is 1. The summed E-state index contributed by atoms with van der Waals surface area (Å²) >= 11 is 0. The van der Waals surface area contributed by atoms with Gasteiger partial charge in [-0.2, -0.15) is 0 Å². The molecule has 108 valence electrons. The summed E-state index contributed by atoms with van der Waals surface area (Å²) in [6.45, 7) is 1.03. The van der Waals surface area contributed by atoms with Crippen molar-refractivity contribution in [2.75, 3.05) is 6.54 Å². The van der Waals surface area contributed by atoms with Crippen LogP contribution in [0.4, 0.5) is 8.78 Å². The third-order valence-corrected chi connectivity index (χ3v) is 3.55. The molecular formula is C17H16F2N2. The minimum absolute atomic E-state index is 0.435. The molecule has 0 saturated heterocycles. The van der Waals surface area contributed by atoms with E-state index >= 15 is 0 Å². The van der Waals surface area contributed by atoms with E-state index in [1.54, 1.807) is 0 Å². The van der Waals surface area contributed by atoms with Crippen LogP contribution in [0.2, 0.25) is 0 Å². The molecule has 3 rings (SSSR count). The Morgan fingerprint density at radius 1 is 0.905 bits per heavy atom. The van der Waals surface area contributed by atoms with Gasteiger partial charge in [0.25, 0.3) is 0 Å². The predicted molar refractivity (Wildman–Crippen MR) is 80.2 cm³/mol. The van der Waals surface area contributed by atoms with Crippen molar-refractivity contribution in [1.82, 2.24) is 4.57 Å². The Kier molecular flexibility index (Phi) is 3.71. The number of halogens is 2. The van der Waals surface area contributed by atoms with Crippen molar-refractivity contribution in [3.05, 3.63) is 71.4 Å². The molecule has 0 unspecified atom stereocenters. The molecule has 1 aromatic heterocycles. The van der Waals surface area contributed by atoms with Gasteiger partial charge in [0.15, 0.2) is 0 Å². The van der Waals surface area contributed by atoms with Crippen LogP contribution in [0.25, 0.3) is 10.9 Å². The van der Waals surface area contributed by atoms with E-state index in [2.05, 4.69) is 12.1 Å². The van der Waals surface area contributed by atoms with Gasteiger partial charge in [0, 0.05) is 24.3 Å². The monoisotopic (exact) mass is 286 g/mol. The highest BCUT2D eigenvalue weighted by Crippen LogP contribution is 2.20. The van der Waals surface area contributed by atoms with Crippen molar-refractivity contribution in [1.29, 1.82) is 0 Å². The Morgan fingerprint density at radius 2 is 1.67 bits per heavy atom. The highest BCUT2D eigenvalue weighted by molar-refractivity contribution is 5.81. The Balaban J connectivity index is 1.97. The first-order chi connectivity index (χ1) is 10.2. The predicted octanol–water partition coefficient (Wildman–Crippen LogP) is 3.47. The Morgan fingerprint density at radius 3 is 2.38 bits per heavy atom. The fourth-order valence-electron chi connectivity index (χ4n) is 2.59. The largest absolute Gasteiger partial charge is 0.343 e. The molecule has 2 nitrogen and oxygen atoms in total. The molecule has 0 saturated carbocycles. The molecule has 3 aromatic rings. The summed E-state index contributed by atoms with van der Waals surface area (Å²) in [4.78, 5) is 0. The van der Waals surface area contributed by atoms with Crippen LogP contribution in [0.1, 0.15) is 11.1 Å². The lowest BCUT2D eigenvalue weighted by Gasteiger charge is -2.08. The van der Waals surface area contributed by atoms with E-state index in [0.29, 0.717) is 18.7 Å². The van der Waals surface area contributed by atoms with E-state index in [4.69, 9.17) is 5.73 Å². The molecule has 0 aliphatic carbocycles. The number of rotatable bonds is 4. The summed E-state index contributed by atoms with van der Waals surface area (Å²) in [6, 6.07) is 11.8. The van der Waals surface area contributed by atoms with E-state index in [9.17, 15) is 8.78 Å². The Hall–Kier alpha value is -2.20. The minimum Gasteiger partial charge on any atom is -0.343 e. The van der Waals surface area contributed by atoms with Gasteiger partial charge in [-0.05, 0) is 53.7 Å². The van der Waals surface area contributed by atoms with Crippen LogP contribution >= 0.6 is 0 Å². The second-order valence-corrected chi connectivity index (χ2v) is 5.15. The minimum atomic E-state index is -0.551. The van der Waals surface area contributed by atoms with Crippen molar-refractivity contribution in [2.45, 2.75) is 13.0 Å². The van der Waals surface area contributed by atoms with Crippen molar-refractivity contribution < 1.29 is 8.78 Å². The highest BCUT2D eigenvalue weighted by atomic mass is 19.1. The fraction of sp³-hybridized carbons (Fsp3) is 0.176. The summed E-state index contributed by atoms with van der Waals surface area (Å²) in [5.41, 5.74) is 8.40. The van der Waals surface area contributed by atoms with Crippen LogP contribution < -0.4 is 5.73 Å². The summed E-state index contributed by atoms with van der Waals surface area (Å²) < 4.78 is 28.5. The molecule has 1 heterocycles. The quantitative estimate of drug-likeness (QED) is 0.782. The lowest BCUT2D eigenvalue weighted by molar-refractivity contribution is 0.578. The average molecular weight is 286 g/mol. The zero-order chi connectivity index (χ0) is 14.8. The number of benzene rings is 2. The third-order valence-electron chi connectivity index (χ3n) is 3.55. The van der Waals surface area contributed by atoms with Gasteiger partial charge >= 0.3 is 0 Å². The molecule has 0 fully saturated rings. The van der Waals surface area contributed by atoms with Crippen molar-refractivity contribution in [3.63, 3.8) is 0 Å². The first kappa shape index (κ1) is 13.8. The average Bonchev–Trinajstić information content (AvgIpc) is 2.81. The van der Waals surface area contributed by atoms with Crippen molar-refractivity contribution in [3.8, 4) is 0 Å². The Labute approximate surface area is 121 Å². The highest BCUT2D eigenvalue weighted by Gasteiger charge is 2.05. The molecule has 0 spiro atoms. The number of aromatic nitrogens is 1. The smallest absolute Gasteiger partial charge is 0.126 e. The van der Waals surface area contributed by atoms with Gasteiger partial charge < -0.3 is 10.3 Å². The molecule has 0 bridgehead atoms. The van der Waals surface area contributed by atoms with Gasteiger partial charge in [-0.3, -0.25) is 0 Å². The maximum absolute atomic E-state index is 13.3. The molecule has 0 aliphatic rings. The molecule has 0 atom stereocenters. The van der Waals surface area contributed by atoms with E-state index in [1.165, 1.54) is 12.1 Å². The molecule has 0 amide bonds. The first-order valence-electron chi connectivity index (χ1n) is 6.88. The molecule has 0 radical (unpaired) electrons. The fourth-order valence-corrected chi connectivity index (χ4v) is 2.59. The van der Waals surface area contributed by atoms with Gasteiger partial charge in [-0.1, -0.05) is 12.1 Å². The van der Waals surface area contributed by atoms with E-state index in [0.717, 1.165) is 29.0 Å². The van der Waals surface area contributed by atoms with Crippen LogP contribution in [-0.4, -0.2) is 11.1 Å². The van der Waals surface area contributed by atoms with E-state index < -0.39 is 11.6 Å². The Bertz CT molecular complexity index is 757. The molecule has 4 heteroatoms. The van der Waals surface area contributed by atoms with Gasteiger partial charge in [-0.15, -0.1) is 0 Å². The van der Waals surface area contributed by atoms with Gasteiger partial charge in [-0.25, -0.2) is 8.78 Å². The lowest BCUT2D eigenvalue weighted by atomic mass is 10.1. The van der Waals surface area contributed by atoms with Crippen LogP contribution in [-0.2, 0) is 13.0 Å². The summed E-state index contributed by atoms with van der Waals surface area (Å²) in [7, 11) is 0. The zero-order valence-electron chi connectivity index (χ0n) is 11.5. The molecule has 0 aliphatic heterocycles. The normalized spacial score (nSPS) is 11.2. The zero-order valence-corrected chi connectivity index (χ0v) is 11.5. The van der Waals surface area contributed by atoms with Gasteiger partial charge in [0.2, 0.25) is 0 Å². The maximum atomic E-state index is 13.3. The van der Waals surface area contributed by atoms with Crippen LogP contribution in [0, 0.1) is 11.6 Å². The first-order valence-corrected chi connectivity index (χ1v) is 6.88. The number of nitrogens with two attached hydrogens (primary N) is 1. The van der Waals surface area contributed by atoms with Crippen LogP contribution in [0.15, 0.2) is 48.7 Å². The summed E-state index contributed by atoms with van der Waals surface area (Å²) in [5.74, 6) is -1.10. The maximum Gasteiger partial charge on any atom is 0.126 e. The molecule has 21 heavy (non-hydrogen) atoms. The SMILES string of the molecule is NCCc1ccc2ccn(Cc3cc(F)cc(F)c3)c2c1. The van der Waals surface area contributed by atoms with Crippen LogP contribution in [0.3, 0.4) is 0 Å². The van der Waals surface area contributed by atoms with E-state index in [1.807, 2.05) is 22.9 Å².